The average Bonchev–Trinajstić information content (AvgIpc) is 2.48. The highest BCUT2D eigenvalue weighted by Gasteiger charge is 2.07. The van der Waals surface area contributed by atoms with Gasteiger partial charge in [-0.3, -0.25) is 0 Å². The molecule has 0 fully saturated rings. The summed E-state index contributed by atoms with van der Waals surface area (Å²) in [7, 11) is 0. The van der Waals surface area contributed by atoms with Gasteiger partial charge in [0.05, 0.1) is 0 Å². The first-order valence-corrected chi connectivity index (χ1v) is 3.89. The molecular formula is C8H11N3O2. The topological polar surface area (TPSA) is 61.0 Å². The van der Waals surface area contributed by atoms with E-state index in [-0.39, 0.29) is 5.82 Å². The van der Waals surface area contributed by atoms with Gasteiger partial charge in [-0.05, 0) is 23.8 Å². The molecule has 0 N–H and O–H groups in total. The molecule has 0 saturated heterocycles. The monoisotopic (exact) mass is 181 g/mol. The van der Waals surface area contributed by atoms with Crippen LogP contribution < -0.4 is 0 Å². The molecule has 0 bridgehead atoms. The van der Waals surface area contributed by atoms with Crippen molar-refractivity contribution in [2.45, 2.75) is 20.4 Å². The molecule has 5 heteroatoms. The van der Waals surface area contributed by atoms with Crippen molar-refractivity contribution in [2.24, 2.45) is 0 Å². The van der Waals surface area contributed by atoms with E-state index in [1.165, 1.54) is 18.1 Å². The van der Waals surface area contributed by atoms with Crippen LogP contribution in [0.15, 0.2) is 24.2 Å². The zero-order chi connectivity index (χ0) is 9.84. The molecular weight excluding hydrogens is 170 g/mol. The van der Waals surface area contributed by atoms with E-state index in [9.17, 15) is 10.1 Å². The van der Waals surface area contributed by atoms with Gasteiger partial charge in [0, 0.05) is 6.54 Å². The predicted octanol–water partition coefficient (Wildman–Crippen LogP) is 1.76. The van der Waals surface area contributed by atoms with Gasteiger partial charge in [0.25, 0.3) is 0 Å². The fourth-order valence-corrected chi connectivity index (χ4v) is 0.830. The van der Waals surface area contributed by atoms with Gasteiger partial charge in [0.15, 0.2) is 0 Å². The molecule has 0 unspecified atom stereocenters. The SMILES string of the molecule is CC(C)=CCn1cnc([N+](=O)[O-])c1. The minimum Gasteiger partial charge on any atom is -0.358 e. The standard InChI is InChI=1S/C8H11N3O2/c1-7(2)3-4-10-5-8(9-6-10)11(12)13/h3,5-6H,4H2,1-2H3. The number of allylic oxidation sites excluding steroid dienone is 2. The lowest BCUT2D eigenvalue weighted by atomic mass is 10.3. The Hall–Kier alpha value is -1.65. The van der Waals surface area contributed by atoms with Crippen LogP contribution in [0.1, 0.15) is 13.8 Å². The number of rotatable bonds is 3. The lowest BCUT2D eigenvalue weighted by Gasteiger charge is -1.93. The minimum absolute atomic E-state index is 0.109. The van der Waals surface area contributed by atoms with E-state index in [0.29, 0.717) is 6.54 Å². The Morgan fingerprint density at radius 1 is 1.77 bits per heavy atom. The van der Waals surface area contributed by atoms with Crippen molar-refractivity contribution in [1.29, 1.82) is 0 Å². The molecule has 0 atom stereocenters. The molecule has 1 aromatic heterocycles. The van der Waals surface area contributed by atoms with Crippen LogP contribution in [0.5, 0.6) is 0 Å². The van der Waals surface area contributed by atoms with Crippen molar-refractivity contribution in [3.05, 3.63) is 34.3 Å². The molecule has 1 aromatic rings. The van der Waals surface area contributed by atoms with Crippen LogP contribution in [-0.2, 0) is 6.54 Å². The molecule has 1 heterocycles. The van der Waals surface area contributed by atoms with Crippen molar-refractivity contribution in [3.63, 3.8) is 0 Å². The zero-order valence-corrected chi connectivity index (χ0v) is 7.60. The van der Waals surface area contributed by atoms with Gasteiger partial charge in [-0.2, -0.15) is 0 Å². The Balaban J connectivity index is 2.70. The molecule has 0 aliphatic heterocycles. The van der Waals surface area contributed by atoms with Crippen LogP contribution in [0.4, 0.5) is 5.82 Å². The molecule has 13 heavy (non-hydrogen) atoms. The Kier molecular flexibility index (Phi) is 2.79. The fourth-order valence-electron chi connectivity index (χ4n) is 0.830. The Morgan fingerprint density at radius 3 is 2.92 bits per heavy atom. The summed E-state index contributed by atoms with van der Waals surface area (Å²) in [6.45, 7) is 4.58. The molecule has 5 nitrogen and oxygen atoms in total. The molecule has 0 radical (unpaired) electrons. The van der Waals surface area contributed by atoms with E-state index in [2.05, 4.69) is 4.98 Å². The molecule has 70 valence electrons. The van der Waals surface area contributed by atoms with Crippen LogP contribution in [0.25, 0.3) is 0 Å². The van der Waals surface area contributed by atoms with Gasteiger partial charge < -0.3 is 14.7 Å². The quantitative estimate of drug-likeness (QED) is 0.405. The Morgan fingerprint density at radius 2 is 2.46 bits per heavy atom. The summed E-state index contributed by atoms with van der Waals surface area (Å²) >= 11 is 0. The van der Waals surface area contributed by atoms with E-state index < -0.39 is 4.92 Å². The summed E-state index contributed by atoms with van der Waals surface area (Å²) in [6.07, 6.45) is 4.85. The second-order valence-corrected chi connectivity index (χ2v) is 2.97. The van der Waals surface area contributed by atoms with E-state index in [1.54, 1.807) is 4.57 Å². The normalized spacial score (nSPS) is 9.69. The fraction of sp³-hybridized carbons (Fsp3) is 0.375. The third-order valence-corrected chi connectivity index (χ3v) is 1.52. The molecule has 0 spiro atoms. The molecule has 0 aromatic carbocycles. The smallest absolute Gasteiger partial charge is 0.358 e. The molecule has 0 aliphatic rings. The first-order valence-electron chi connectivity index (χ1n) is 3.89. The maximum absolute atomic E-state index is 10.3. The number of hydrogen-bond acceptors (Lipinski definition) is 3. The lowest BCUT2D eigenvalue weighted by Crippen LogP contribution is -1.91. The van der Waals surface area contributed by atoms with Crippen molar-refractivity contribution < 1.29 is 4.92 Å². The summed E-state index contributed by atoms with van der Waals surface area (Å²) in [5.41, 5.74) is 1.18. The molecule has 0 saturated carbocycles. The molecule has 1 rings (SSSR count). The maximum atomic E-state index is 10.3. The molecule has 0 amide bonds. The first kappa shape index (κ1) is 9.44. The van der Waals surface area contributed by atoms with E-state index in [4.69, 9.17) is 0 Å². The van der Waals surface area contributed by atoms with Gasteiger partial charge in [-0.1, -0.05) is 11.6 Å². The van der Waals surface area contributed by atoms with Crippen LogP contribution in [-0.4, -0.2) is 14.5 Å². The van der Waals surface area contributed by atoms with E-state index in [0.717, 1.165) is 0 Å². The van der Waals surface area contributed by atoms with Crippen LogP contribution >= 0.6 is 0 Å². The highest BCUT2D eigenvalue weighted by molar-refractivity contribution is 5.13. The predicted molar refractivity (Wildman–Crippen MR) is 48.3 cm³/mol. The van der Waals surface area contributed by atoms with Crippen LogP contribution in [0.2, 0.25) is 0 Å². The zero-order valence-electron chi connectivity index (χ0n) is 7.60. The minimum atomic E-state index is -0.501. The summed E-state index contributed by atoms with van der Waals surface area (Å²) in [5, 5.41) is 10.3. The van der Waals surface area contributed by atoms with Crippen molar-refractivity contribution in [2.75, 3.05) is 0 Å². The molecule has 0 aliphatic carbocycles. The highest BCUT2D eigenvalue weighted by atomic mass is 16.6. The van der Waals surface area contributed by atoms with Gasteiger partial charge in [-0.25, -0.2) is 0 Å². The summed E-state index contributed by atoms with van der Waals surface area (Å²) in [5.74, 6) is -0.109. The number of hydrogen-bond donors (Lipinski definition) is 0. The largest absolute Gasteiger partial charge is 0.381 e. The van der Waals surface area contributed by atoms with Gasteiger partial charge in [-0.15, -0.1) is 0 Å². The lowest BCUT2D eigenvalue weighted by molar-refractivity contribution is -0.389. The number of nitro groups is 1. The number of nitrogens with zero attached hydrogens (tertiary/aromatic N) is 3. The second kappa shape index (κ2) is 3.84. The van der Waals surface area contributed by atoms with Crippen molar-refractivity contribution >= 4 is 5.82 Å². The van der Waals surface area contributed by atoms with Crippen molar-refractivity contribution in [1.82, 2.24) is 9.55 Å². The Labute approximate surface area is 75.9 Å². The average molecular weight is 181 g/mol. The first-order chi connectivity index (χ1) is 6.09. The summed E-state index contributed by atoms with van der Waals surface area (Å²) in [6, 6.07) is 0. The van der Waals surface area contributed by atoms with Crippen LogP contribution in [0.3, 0.4) is 0 Å². The van der Waals surface area contributed by atoms with Gasteiger partial charge in [0.1, 0.15) is 6.20 Å². The third kappa shape index (κ3) is 2.70. The number of aromatic nitrogens is 2. The third-order valence-electron chi connectivity index (χ3n) is 1.52. The highest BCUT2D eigenvalue weighted by Crippen LogP contribution is 2.05. The van der Waals surface area contributed by atoms with Gasteiger partial charge >= 0.3 is 5.82 Å². The van der Waals surface area contributed by atoms with E-state index >= 15 is 0 Å². The Bertz CT molecular complexity index is 337. The van der Waals surface area contributed by atoms with E-state index in [1.807, 2.05) is 19.9 Å². The van der Waals surface area contributed by atoms with Gasteiger partial charge in [0.2, 0.25) is 6.33 Å². The summed E-state index contributed by atoms with van der Waals surface area (Å²) in [4.78, 5) is 13.4. The maximum Gasteiger partial charge on any atom is 0.381 e. The van der Waals surface area contributed by atoms with Crippen molar-refractivity contribution in [3.8, 4) is 0 Å². The van der Waals surface area contributed by atoms with Crippen LogP contribution in [0, 0.1) is 10.1 Å². The number of imidazole rings is 1. The summed E-state index contributed by atoms with van der Waals surface area (Å²) < 4.78 is 1.67. The second-order valence-electron chi connectivity index (χ2n) is 2.97.